The van der Waals surface area contributed by atoms with Gasteiger partial charge in [0.05, 0.1) is 17.9 Å². The minimum absolute atomic E-state index is 0.110. The van der Waals surface area contributed by atoms with Gasteiger partial charge in [-0.2, -0.15) is 0 Å². The fraction of sp³-hybridized carbons (Fsp3) is 0.550. The Morgan fingerprint density at radius 1 is 1.25 bits per heavy atom. The standard InChI is InChI=1S/C20H25FN4O2S/c1-14(19(26)24-10-2-3-11-24)28-20-23-22-18(15-6-8-16(21)9-7-15)25(20)13-17-5-4-12-27-17/h6-9,14,17H,2-5,10-13H2,1H3. The van der Waals surface area contributed by atoms with Crippen molar-refractivity contribution in [2.75, 3.05) is 19.7 Å². The molecule has 2 fully saturated rings. The molecule has 0 aliphatic carbocycles. The van der Waals surface area contributed by atoms with Gasteiger partial charge in [-0.1, -0.05) is 11.8 Å². The van der Waals surface area contributed by atoms with Gasteiger partial charge in [0.1, 0.15) is 5.82 Å². The molecule has 28 heavy (non-hydrogen) atoms. The molecule has 150 valence electrons. The first kappa shape index (κ1) is 19.4. The summed E-state index contributed by atoms with van der Waals surface area (Å²) < 4.78 is 21.2. The van der Waals surface area contributed by atoms with E-state index >= 15 is 0 Å². The first-order valence-corrected chi connectivity index (χ1v) is 10.8. The van der Waals surface area contributed by atoms with E-state index in [1.54, 1.807) is 12.1 Å². The molecule has 3 heterocycles. The van der Waals surface area contributed by atoms with Crippen molar-refractivity contribution in [1.29, 1.82) is 0 Å². The highest BCUT2D eigenvalue weighted by Crippen LogP contribution is 2.30. The lowest BCUT2D eigenvalue weighted by molar-refractivity contribution is -0.129. The lowest BCUT2D eigenvalue weighted by atomic mass is 10.2. The molecule has 0 spiro atoms. The molecule has 1 amide bonds. The Balaban J connectivity index is 1.58. The number of aromatic nitrogens is 3. The van der Waals surface area contributed by atoms with Gasteiger partial charge in [0.2, 0.25) is 5.91 Å². The zero-order chi connectivity index (χ0) is 19.5. The number of ether oxygens (including phenoxy) is 1. The zero-order valence-electron chi connectivity index (χ0n) is 16.0. The van der Waals surface area contributed by atoms with Gasteiger partial charge in [-0.05, 0) is 56.9 Å². The van der Waals surface area contributed by atoms with Crippen LogP contribution in [-0.2, 0) is 16.1 Å². The number of carbonyl (C=O) groups is 1. The topological polar surface area (TPSA) is 60.2 Å². The van der Waals surface area contributed by atoms with E-state index in [4.69, 9.17) is 4.74 Å². The van der Waals surface area contributed by atoms with E-state index in [2.05, 4.69) is 10.2 Å². The Labute approximate surface area is 168 Å². The first-order chi connectivity index (χ1) is 13.6. The van der Waals surface area contributed by atoms with Gasteiger partial charge in [-0.25, -0.2) is 4.39 Å². The molecule has 0 radical (unpaired) electrons. The van der Waals surface area contributed by atoms with Crippen LogP contribution in [-0.4, -0.2) is 56.6 Å². The van der Waals surface area contributed by atoms with E-state index in [-0.39, 0.29) is 23.1 Å². The molecule has 0 saturated carbocycles. The average molecular weight is 405 g/mol. The number of benzene rings is 1. The molecule has 0 bridgehead atoms. The molecule has 1 aromatic heterocycles. The Hall–Kier alpha value is -1.93. The van der Waals surface area contributed by atoms with Crippen molar-refractivity contribution in [1.82, 2.24) is 19.7 Å². The van der Waals surface area contributed by atoms with Crippen molar-refractivity contribution in [3.8, 4) is 11.4 Å². The summed E-state index contributed by atoms with van der Waals surface area (Å²) in [7, 11) is 0. The Kier molecular flexibility index (Phi) is 5.96. The second-order valence-corrected chi connectivity index (χ2v) is 8.66. The van der Waals surface area contributed by atoms with Gasteiger partial charge < -0.3 is 9.64 Å². The molecule has 8 heteroatoms. The molecule has 0 N–H and O–H groups in total. The predicted octanol–water partition coefficient (Wildman–Crippen LogP) is 3.37. The summed E-state index contributed by atoms with van der Waals surface area (Å²) in [6.45, 7) is 5.01. The van der Waals surface area contributed by atoms with Crippen LogP contribution in [0.15, 0.2) is 29.4 Å². The van der Waals surface area contributed by atoms with Gasteiger partial charge in [0.15, 0.2) is 11.0 Å². The number of hydrogen-bond donors (Lipinski definition) is 0. The van der Waals surface area contributed by atoms with Crippen LogP contribution in [0.2, 0.25) is 0 Å². The number of carbonyl (C=O) groups excluding carboxylic acids is 1. The lowest BCUT2D eigenvalue weighted by Gasteiger charge is -2.20. The fourth-order valence-electron chi connectivity index (χ4n) is 3.75. The average Bonchev–Trinajstić information content (AvgIpc) is 3.45. The predicted molar refractivity (Wildman–Crippen MR) is 106 cm³/mol. The molecule has 6 nitrogen and oxygen atoms in total. The van der Waals surface area contributed by atoms with Crippen molar-refractivity contribution in [2.24, 2.45) is 0 Å². The summed E-state index contributed by atoms with van der Waals surface area (Å²) in [6, 6.07) is 6.26. The molecule has 4 rings (SSSR count). The molecule has 2 saturated heterocycles. The van der Waals surface area contributed by atoms with Gasteiger partial charge in [-0.3, -0.25) is 9.36 Å². The lowest BCUT2D eigenvalue weighted by Crippen LogP contribution is -2.34. The molecule has 2 atom stereocenters. The number of halogens is 1. The van der Waals surface area contributed by atoms with E-state index in [1.165, 1.54) is 23.9 Å². The summed E-state index contributed by atoms with van der Waals surface area (Å²) in [4.78, 5) is 14.6. The third-order valence-electron chi connectivity index (χ3n) is 5.28. The van der Waals surface area contributed by atoms with E-state index in [9.17, 15) is 9.18 Å². The van der Waals surface area contributed by atoms with Crippen LogP contribution < -0.4 is 0 Å². The van der Waals surface area contributed by atoms with Crippen molar-refractivity contribution in [2.45, 2.75) is 55.7 Å². The Morgan fingerprint density at radius 3 is 2.68 bits per heavy atom. The summed E-state index contributed by atoms with van der Waals surface area (Å²) in [6.07, 6.45) is 4.30. The summed E-state index contributed by atoms with van der Waals surface area (Å²) >= 11 is 1.44. The molecule has 2 unspecified atom stereocenters. The fourth-order valence-corrected chi connectivity index (χ4v) is 4.69. The van der Waals surface area contributed by atoms with Crippen molar-refractivity contribution >= 4 is 17.7 Å². The number of hydrogen-bond acceptors (Lipinski definition) is 5. The number of nitrogens with zero attached hydrogens (tertiary/aromatic N) is 4. The highest BCUT2D eigenvalue weighted by molar-refractivity contribution is 8.00. The third-order valence-corrected chi connectivity index (χ3v) is 6.35. The molecule has 2 aromatic rings. The van der Waals surface area contributed by atoms with Crippen LogP contribution in [0, 0.1) is 5.82 Å². The molecular weight excluding hydrogens is 379 g/mol. The monoisotopic (exact) mass is 404 g/mol. The largest absolute Gasteiger partial charge is 0.376 e. The number of rotatable bonds is 6. The zero-order valence-corrected chi connectivity index (χ0v) is 16.8. The van der Waals surface area contributed by atoms with Crippen LogP contribution >= 0.6 is 11.8 Å². The van der Waals surface area contributed by atoms with Gasteiger partial charge in [-0.15, -0.1) is 10.2 Å². The maximum atomic E-state index is 13.3. The van der Waals surface area contributed by atoms with E-state index in [0.29, 0.717) is 17.5 Å². The maximum absolute atomic E-state index is 13.3. The second kappa shape index (κ2) is 8.61. The first-order valence-electron chi connectivity index (χ1n) is 9.88. The van der Waals surface area contributed by atoms with Gasteiger partial charge in [0, 0.05) is 25.3 Å². The number of likely N-dealkylation sites (tertiary alicyclic amines) is 1. The summed E-state index contributed by atoms with van der Waals surface area (Å²) in [5, 5.41) is 9.19. The Bertz CT molecular complexity index is 814. The molecular formula is C20H25FN4O2S. The van der Waals surface area contributed by atoms with Gasteiger partial charge in [0.25, 0.3) is 0 Å². The summed E-state index contributed by atoms with van der Waals surface area (Å²) in [5.41, 5.74) is 0.803. The molecule has 2 aliphatic heterocycles. The highest BCUT2D eigenvalue weighted by Gasteiger charge is 2.27. The minimum atomic E-state index is -0.284. The smallest absolute Gasteiger partial charge is 0.235 e. The van der Waals surface area contributed by atoms with Crippen LogP contribution in [0.1, 0.15) is 32.6 Å². The van der Waals surface area contributed by atoms with Crippen molar-refractivity contribution in [3.05, 3.63) is 30.1 Å². The SMILES string of the molecule is CC(Sc1nnc(-c2ccc(F)cc2)n1CC1CCCO1)C(=O)N1CCCC1. The van der Waals surface area contributed by atoms with Crippen LogP contribution in [0.25, 0.3) is 11.4 Å². The van der Waals surface area contributed by atoms with Crippen molar-refractivity contribution < 1.29 is 13.9 Å². The van der Waals surface area contributed by atoms with Gasteiger partial charge >= 0.3 is 0 Å². The quantitative estimate of drug-likeness (QED) is 0.691. The van der Waals surface area contributed by atoms with Crippen LogP contribution in [0.5, 0.6) is 0 Å². The summed E-state index contributed by atoms with van der Waals surface area (Å²) in [5.74, 6) is 0.546. The Morgan fingerprint density at radius 2 is 2.00 bits per heavy atom. The number of thioether (sulfide) groups is 1. The highest BCUT2D eigenvalue weighted by atomic mass is 32.2. The third kappa shape index (κ3) is 4.22. The van der Waals surface area contributed by atoms with E-state index in [0.717, 1.165) is 50.9 Å². The molecule has 1 aromatic carbocycles. The van der Waals surface area contributed by atoms with Crippen LogP contribution in [0.3, 0.4) is 0 Å². The van der Waals surface area contributed by atoms with E-state index in [1.807, 2.05) is 16.4 Å². The second-order valence-electron chi connectivity index (χ2n) is 7.35. The van der Waals surface area contributed by atoms with Crippen LogP contribution in [0.4, 0.5) is 4.39 Å². The number of amides is 1. The van der Waals surface area contributed by atoms with E-state index < -0.39 is 0 Å². The normalized spacial score (nSPS) is 20.6. The minimum Gasteiger partial charge on any atom is -0.376 e. The molecule has 2 aliphatic rings. The van der Waals surface area contributed by atoms with Crippen molar-refractivity contribution in [3.63, 3.8) is 0 Å². The maximum Gasteiger partial charge on any atom is 0.235 e.